The van der Waals surface area contributed by atoms with E-state index in [1.807, 2.05) is 12.2 Å². The molecule has 5 nitrogen and oxygen atoms in total. The van der Waals surface area contributed by atoms with Gasteiger partial charge in [-0.2, -0.15) is 0 Å². The average Bonchev–Trinajstić information content (AvgIpc) is 2.73. The number of aliphatic hydroxyl groups excluding tert-OH is 1. The van der Waals surface area contributed by atoms with Gasteiger partial charge in [-0.3, -0.25) is 4.79 Å². The molecule has 0 aromatic rings. The van der Waals surface area contributed by atoms with Gasteiger partial charge in [0.25, 0.3) is 0 Å². The lowest BCUT2D eigenvalue weighted by molar-refractivity contribution is -0.142. The highest BCUT2D eigenvalue weighted by Gasteiger charge is 2.17. The Kier molecular flexibility index (Phi) is 19.2. The molecule has 0 aliphatic carbocycles. The van der Waals surface area contributed by atoms with Crippen molar-refractivity contribution < 1.29 is 19.8 Å². The molecule has 0 saturated carbocycles. The molecular weight excluding hydrogens is 378 g/mol. The SMILES string of the molecule is CC/C=C\C/C=C\C/C=C\C/C=C\C/C=C\C/C=C\CCC(=O)NC(CO)C(=O)O. The Bertz CT molecular complexity index is 627. The maximum atomic E-state index is 11.5. The van der Waals surface area contributed by atoms with E-state index < -0.39 is 18.6 Å². The molecule has 0 spiro atoms. The summed E-state index contributed by atoms with van der Waals surface area (Å²) in [7, 11) is 0. The molecular formula is C25H37NO4. The van der Waals surface area contributed by atoms with Crippen LogP contribution in [0.15, 0.2) is 72.9 Å². The predicted molar refractivity (Wildman–Crippen MR) is 124 cm³/mol. The van der Waals surface area contributed by atoms with Gasteiger partial charge in [0.1, 0.15) is 6.04 Å². The summed E-state index contributed by atoms with van der Waals surface area (Å²) in [6, 6.07) is -1.23. The Hall–Kier alpha value is -2.66. The standard InChI is InChI=1S/C25H37NO4/c1-2-3-4-5-6-7-8-9-10-11-12-13-14-15-16-17-18-19-20-21-24(28)26-23(22-27)25(29)30/h3-4,6-7,9-10,12-13,15-16,18-19,23,27H,2,5,8,11,14,17,20-22H2,1H3,(H,26,28)(H,29,30)/b4-3-,7-6-,10-9-,13-12-,16-15-,19-18-. The van der Waals surface area contributed by atoms with Gasteiger partial charge in [0, 0.05) is 6.42 Å². The highest BCUT2D eigenvalue weighted by Crippen LogP contribution is 1.98. The molecule has 0 fully saturated rings. The van der Waals surface area contributed by atoms with Crippen molar-refractivity contribution in [1.29, 1.82) is 0 Å². The van der Waals surface area contributed by atoms with Crippen LogP contribution in [0, 0.1) is 0 Å². The molecule has 0 radical (unpaired) electrons. The largest absolute Gasteiger partial charge is 0.480 e. The molecule has 0 bridgehead atoms. The number of allylic oxidation sites excluding steroid dienone is 12. The van der Waals surface area contributed by atoms with Crippen LogP contribution in [0.25, 0.3) is 0 Å². The molecule has 1 unspecified atom stereocenters. The maximum absolute atomic E-state index is 11.5. The van der Waals surface area contributed by atoms with E-state index in [-0.39, 0.29) is 12.3 Å². The van der Waals surface area contributed by atoms with Gasteiger partial charge in [0.05, 0.1) is 6.61 Å². The highest BCUT2D eigenvalue weighted by molar-refractivity contribution is 5.83. The fraction of sp³-hybridized carbons (Fsp3) is 0.440. The van der Waals surface area contributed by atoms with E-state index in [4.69, 9.17) is 10.2 Å². The fourth-order valence-corrected chi connectivity index (χ4v) is 2.31. The second-order valence-corrected chi connectivity index (χ2v) is 6.59. The first kappa shape index (κ1) is 27.3. The van der Waals surface area contributed by atoms with Crippen molar-refractivity contribution in [3.8, 4) is 0 Å². The van der Waals surface area contributed by atoms with Crippen LogP contribution in [-0.2, 0) is 9.59 Å². The second kappa shape index (κ2) is 21.1. The Labute approximate surface area is 181 Å². The number of hydrogen-bond acceptors (Lipinski definition) is 3. The van der Waals surface area contributed by atoms with Crippen molar-refractivity contribution in [3.63, 3.8) is 0 Å². The zero-order valence-electron chi connectivity index (χ0n) is 18.1. The van der Waals surface area contributed by atoms with Gasteiger partial charge in [-0.05, 0) is 44.9 Å². The number of carboxylic acids is 1. The summed E-state index contributed by atoms with van der Waals surface area (Å²) < 4.78 is 0. The van der Waals surface area contributed by atoms with Gasteiger partial charge in [-0.15, -0.1) is 0 Å². The Morgan fingerprint density at radius 3 is 1.50 bits per heavy atom. The van der Waals surface area contributed by atoms with Crippen LogP contribution >= 0.6 is 0 Å². The average molecular weight is 416 g/mol. The number of rotatable bonds is 17. The van der Waals surface area contributed by atoms with E-state index in [1.54, 1.807) is 0 Å². The summed E-state index contributed by atoms with van der Waals surface area (Å²) in [5, 5.41) is 19.9. The Morgan fingerprint density at radius 2 is 1.13 bits per heavy atom. The smallest absolute Gasteiger partial charge is 0.328 e. The van der Waals surface area contributed by atoms with Crippen molar-refractivity contribution in [1.82, 2.24) is 5.32 Å². The Balaban J connectivity index is 3.70. The van der Waals surface area contributed by atoms with Crippen LogP contribution in [0.5, 0.6) is 0 Å². The monoisotopic (exact) mass is 415 g/mol. The van der Waals surface area contributed by atoms with E-state index in [2.05, 4.69) is 73.0 Å². The number of carbonyl (C=O) groups is 2. The van der Waals surface area contributed by atoms with Crippen molar-refractivity contribution in [2.45, 2.75) is 64.3 Å². The normalized spacial score (nSPS) is 13.7. The number of amides is 1. The zero-order valence-corrected chi connectivity index (χ0v) is 18.1. The van der Waals surface area contributed by atoms with Crippen LogP contribution in [-0.4, -0.2) is 34.7 Å². The van der Waals surface area contributed by atoms with Crippen LogP contribution in [0.4, 0.5) is 0 Å². The minimum absolute atomic E-state index is 0.200. The maximum Gasteiger partial charge on any atom is 0.328 e. The topological polar surface area (TPSA) is 86.6 Å². The molecule has 0 aliphatic heterocycles. The molecule has 1 atom stereocenters. The number of carbonyl (C=O) groups excluding carboxylic acids is 1. The van der Waals surface area contributed by atoms with Crippen molar-refractivity contribution in [2.24, 2.45) is 0 Å². The predicted octanol–water partition coefficient (Wildman–Crippen LogP) is 5.03. The van der Waals surface area contributed by atoms with E-state index in [0.717, 1.165) is 38.5 Å². The summed E-state index contributed by atoms with van der Waals surface area (Å²) in [6.45, 7) is 1.53. The van der Waals surface area contributed by atoms with Gasteiger partial charge in [-0.1, -0.05) is 79.8 Å². The van der Waals surface area contributed by atoms with Gasteiger partial charge in [0.15, 0.2) is 0 Å². The highest BCUT2D eigenvalue weighted by atomic mass is 16.4. The van der Waals surface area contributed by atoms with E-state index in [9.17, 15) is 9.59 Å². The summed E-state index contributed by atoms with van der Waals surface area (Å²) in [4.78, 5) is 22.3. The van der Waals surface area contributed by atoms with E-state index in [1.165, 1.54) is 0 Å². The molecule has 0 rings (SSSR count). The van der Waals surface area contributed by atoms with Crippen molar-refractivity contribution >= 4 is 11.9 Å². The van der Waals surface area contributed by atoms with Gasteiger partial charge in [-0.25, -0.2) is 4.79 Å². The zero-order chi connectivity index (χ0) is 22.3. The van der Waals surface area contributed by atoms with Gasteiger partial charge >= 0.3 is 5.97 Å². The number of nitrogens with one attached hydrogen (secondary N) is 1. The summed E-state index contributed by atoms with van der Waals surface area (Å²) in [5.41, 5.74) is 0. The van der Waals surface area contributed by atoms with Crippen LogP contribution in [0.2, 0.25) is 0 Å². The van der Waals surface area contributed by atoms with E-state index >= 15 is 0 Å². The minimum atomic E-state index is -1.24. The third-order valence-electron chi connectivity index (χ3n) is 3.95. The lowest BCUT2D eigenvalue weighted by Crippen LogP contribution is -2.43. The Morgan fingerprint density at radius 1 is 0.733 bits per heavy atom. The fourth-order valence-electron chi connectivity index (χ4n) is 2.31. The third kappa shape index (κ3) is 18.7. The van der Waals surface area contributed by atoms with Crippen molar-refractivity contribution in [3.05, 3.63) is 72.9 Å². The van der Waals surface area contributed by atoms with Crippen LogP contribution < -0.4 is 5.32 Å². The first-order valence-electron chi connectivity index (χ1n) is 10.6. The first-order chi connectivity index (χ1) is 14.6. The molecule has 5 heteroatoms. The molecule has 0 heterocycles. The molecule has 0 aliphatic rings. The molecule has 0 aromatic carbocycles. The van der Waals surface area contributed by atoms with Crippen LogP contribution in [0.3, 0.4) is 0 Å². The first-order valence-corrected chi connectivity index (χ1v) is 10.6. The van der Waals surface area contributed by atoms with Crippen LogP contribution in [0.1, 0.15) is 58.3 Å². The molecule has 0 saturated heterocycles. The summed E-state index contributed by atoms with van der Waals surface area (Å²) in [5.74, 6) is -1.62. The van der Waals surface area contributed by atoms with Crippen molar-refractivity contribution in [2.75, 3.05) is 6.61 Å². The third-order valence-corrected chi connectivity index (χ3v) is 3.95. The molecule has 30 heavy (non-hydrogen) atoms. The number of aliphatic carboxylic acids is 1. The molecule has 0 aromatic heterocycles. The van der Waals surface area contributed by atoms with Gasteiger partial charge in [0.2, 0.25) is 5.91 Å². The summed E-state index contributed by atoms with van der Waals surface area (Å²) >= 11 is 0. The number of aliphatic hydroxyl groups is 1. The number of hydrogen-bond donors (Lipinski definition) is 3. The molecule has 3 N–H and O–H groups in total. The van der Waals surface area contributed by atoms with E-state index in [0.29, 0.717) is 6.42 Å². The van der Waals surface area contributed by atoms with Gasteiger partial charge < -0.3 is 15.5 Å². The minimum Gasteiger partial charge on any atom is -0.480 e. The summed E-state index contributed by atoms with van der Waals surface area (Å²) in [6.07, 6.45) is 31.9. The lowest BCUT2D eigenvalue weighted by atomic mass is 10.2. The molecule has 1 amide bonds. The quantitative estimate of drug-likeness (QED) is 0.291. The molecule has 166 valence electrons. The second-order valence-electron chi connectivity index (χ2n) is 6.59. The number of carboxylic acid groups (broad SMARTS) is 1. The lowest BCUT2D eigenvalue weighted by Gasteiger charge is -2.10.